The molecule has 2 aliphatic heterocycles. The van der Waals surface area contributed by atoms with Crippen LogP contribution in [-0.2, 0) is 25.5 Å². The summed E-state index contributed by atoms with van der Waals surface area (Å²) in [7, 11) is 1.30. The number of hydrogen-bond acceptors (Lipinski definition) is 8. The highest BCUT2D eigenvalue weighted by molar-refractivity contribution is 6.51. The fraction of sp³-hybridized carbons (Fsp3) is 0.148. The molecule has 1 atom stereocenters. The van der Waals surface area contributed by atoms with Gasteiger partial charge in [0.15, 0.2) is 11.5 Å². The molecule has 0 aliphatic carbocycles. The predicted octanol–water partition coefficient (Wildman–Crippen LogP) is 3.46. The first-order valence-electron chi connectivity index (χ1n) is 11.0. The van der Waals surface area contributed by atoms with E-state index in [-0.39, 0.29) is 35.9 Å². The third kappa shape index (κ3) is 4.00. The number of fused-ring (bicyclic) bond motifs is 1. The van der Waals surface area contributed by atoms with Crippen LogP contribution in [0.15, 0.2) is 72.3 Å². The third-order valence-corrected chi connectivity index (χ3v) is 6.09. The van der Waals surface area contributed by atoms with Crippen molar-refractivity contribution in [2.75, 3.05) is 18.8 Å². The molecule has 0 spiro atoms. The largest absolute Gasteiger partial charge is 0.508 e. The number of carbonyl (C=O) groups is 3. The molecule has 3 aromatic carbocycles. The molecule has 1 fully saturated rings. The maximum Gasteiger partial charge on any atom is 0.309 e. The van der Waals surface area contributed by atoms with Gasteiger partial charge in [-0.25, -0.2) is 0 Å². The number of amides is 1. The fourth-order valence-electron chi connectivity index (χ4n) is 4.28. The summed E-state index contributed by atoms with van der Waals surface area (Å²) in [6.07, 6.45) is 0.0566. The normalized spacial score (nSPS) is 17.9. The van der Waals surface area contributed by atoms with Crippen molar-refractivity contribution >= 4 is 29.1 Å². The first-order valence-corrected chi connectivity index (χ1v) is 11.0. The van der Waals surface area contributed by atoms with Gasteiger partial charge in [0.2, 0.25) is 6.79 Å². The number of rotatable bonds is 5. The summed E-state index contributed by atoms with van der Waals surface area (Å²) >= 11 is 0. The molecule has 182 valence electrons. The number of anilines is 1. The topological polar surface area (TPSA) is 123 Å². The van der Waals surface area contributed by atoms with E-state index < -0.39 is 23.7 Å². The minimum atomic E-state index is -0.970. The molecular weight excluding hydrogens is 466 g/mol. The van der Waals surface area contributed by atoms with Gasteiger partial charge in [0.25, 0.3) is 11.7 Å². The van der Waals surface area contributed by atoms with Crippen LogP contribution in [0.1, 0.15) is 22.7 Å². The standard InChI is InChI=1S/C27H21NO8/c1-34-22(30)12-15-2-7-18(8-3-15)28-24(16-4-9-19(29)10-5-16)23(26(32)27(28)33)25(31)17-6-11-20-21(13-17)36-14-35-20/h2-11,13,24,29,31H,12,14H2,1H3/b25-23-. The molecule has 2 aliphatic rings. The predicted molar refractivity (Wildman–Crippen MR) is 128 cm³/mol. The molecule has 5 rings (SSSR count). The van der Waals surface area contributed by atoms with Crippen LogP contribution >= 0.6 is 0 Å². The van der Waals surface area contributed by atoms with E-state index in [4.69, 9.17) is 14.2 Å². The summed E-state index contributed by atoms with van der Waals surface area (Å²) in [5.74, 6) is -1.52. The van der Waals surface area contributed by atoms with Crippen molar-refractivity contribution in [1.29, 1.82) is 0 Å². The molecule has 1 amide bonds. The number of esters is 1. The highest BCUT2D eigenvalue weighted by atomic mass is 16.7. The van der Waals surface area contributed by atoms with E-state index in [0.717, 1.165) is 0 Å². The number of phenolic OH excluding ortho intramolecular Hbond substituents is 1. The van der Waals surface area contributed by atoms with E-state index in [1.165, 1.54) is 24.1 Å². The average Bonchev–Trinajstić information content (AvgIpc) is 3.46. The Morgan fingerprint density at radius 1 is 1.00 bits per heavy atom. The zero-order chi connectivity index (χ0) is 25.4. The number of hydrogen-bond donors (Lipinski definition) is 2. The molecule has 9 nitrogen and oxygen atoms in total. The van der Waals surface area contributed by atoms with E-state index in [1.54, 1.807) is 54.6 Å². The van der Waals surface area contributed by atoms with Crippen LogP contribution in [0.2, 0.25) is 0 Å². The van der Waals surface area contributed by atoms with Gasteiger partial charge in [0, 0.05) is 11.3 Å². The summed E-state index contributed by atoms with van der Waals surface area (Å²) in [4.78, 5) is 39.4. The summed E-state index contributed by atoms with van der Waals surface area (Å²) in [6, 6.07) is 16.4. The third-order valence-electron chi connectivity index (χ3n) is 6.09. The van der Waals surface area contributed by atoms with Gasteiger partial charge in [0.1, 0.15) is 11.5 Å². The van der Waals surface area contributed by atoms with E-state index in [9.17, 15) is 24.6 Å². The van der Waals surface area contributed by atoms with Crippen molar-refractivity contribution in [3.05, 3.63) is 89.0 Å². The Hall–Kier alpha value is -4.79. The molecular formula is C27H21NO8. The molecule has 0 saturated carbocycles. The highest BCUT2D eigenvalue weighted by Crippen LogP contribution is 2.43. The van der Waals surface area contributed by atoms with Crippen molar-refractivity contribution in [3.8, 4) is 17.2 Å². The Kier molecular flexibility index (Phi) is 5.81. The van der Waals surface area contributed by atoms with Crippen LogP contribution in [0.3, 0.4) is 0 Å². The Balaban J connectivity index is 1.62. The number of aliphatic hydroxyl groups excluding tert-OH is 1. The van der Waals surface area contributed by atoms with Crippen LogP contribution in [0.5, 0.6) is 17.2 Å². The Bertz CT molecular complexity index is 1390. The van der Waals surface area contributed by atoms with Crippen molar-refractivity contribution in [2.24, 2.45) is 0 Å². The van der Waals surface area contributed by atoms with Gasteiger partial charge in [-0.2, -0.15) is 0 Å². The smallest absolute Gasteiger partial charge is 0.309 e. The molecule has 2 heterocycles. The number of Topliss-reactive ketones (excluding diaryl/α,β-unsaturated/α-hetero) is 1. The minimum absolute atomic E-state index is 0.0126. The molecule has 3 aromatic rings. The zero-order valence-electron chi connectivity index (χ0n) is 19.1. The van der Waals surface area contributed by atoms with Crippen molar-refractivity contribution < 1.29 is 38.8 Å². The van der Waals surface area contributed by atoms with Crippen LogP contribution in [-0.4, -0.2) is 41.8 Å². The number of aromatic hydroxyl groups is 1. The monoisotopic (exact) mass is 487 g/mol. The van der Waals surface area contributed by atoms with Gasteiger partial charge in [-0.3, -0.25) is 19.3 Å². The molecule has 9 heteroatoms. The van der Waals surface area contributed by atoms with Crippen LogP contribution in [0.4, 0.5) is 5.69 Å². The first-order chi connectivity index (χ1) is 17.4. The number of phenols is 1. The lowest BCUT2D eigenvalue weighted by molar-refractivity contribution is -0.139. The van der Waals surface area contributed by atoms with E-state index in [1.807, 2.05) is 0 Å². The maximum absolute atomic E-state index is 13.3. The lowest BCUT2D eigenvalue weighted by atomic mass is 9.95. The summed E-state index contributed by atoms with van der Waals surface area (Å²) < 4.78 is 15.4. The second-order valence-electron chi connectivity index (χ2n) is 8.25. The van der Waals surface area contributed by atoms with Crippen LogP contribution in [0.25, 0.3) is 5.76 Å². The Morgan fingerprint density at radius 3 is 2.39 bits per heavy atom. The molecule has 1 unspecified atom stereocenters. The van der Waals surface area contributed by atoms with Gasteiger partial charge >= 0.3 is 5.97 Å². The number of nitrogens with zero attached hydrogens (tertiary/aromatic N) is 1. The highest BCUT2D eigenvalue weighted by Gasteiger charge is 2.47. The van der Waals surface area contributed by atoms with Gasteiger partial charge in [-0.05, 0) is 53.6 Å². The number of methoxy groups -OCH3 is 1. The van der Waals surface area contributed by atoms with Gasteiger partial charge in [0.05, 0.1) is 25.1 Å². The SMILES string of the molecule is COC(=O)Cc1ccc(N2C(=O)C(=O)/C(=C(\O)c3ccc4c(c3)OCO4)C2c2ccc(O)cc2)cc1. The van der Waals surface area contributed by atoms with E-state index >= 15 is 0 Å². The van der Waals surface area contributed by atoms with Gasteiger partial charge < -0.3 is 24.4 Å². The second-order valence-corrected chi connectivity index (χ2v) is 8.25. The lowest BCUT2D eigenvalue weighted by Gasteiger charge is -2.25. The van der Waals surface area contributed by atoms with Crippen LogP contribution in [0, 0.1) is 0 Å². The molecule has 0 aromatic heterocycles. The zero-order valence-corrected chi connectivity index (χ0v) is 19.1. The molecule has 0 radical (unpaired) electrons. The van der Waals surface area contributed by atoms with Crippen LogP contribution < -0.4 is 14.4 Å². The summed E-state index contributed by atoms with van der Waals surface area (Å²) in [5.41, 5.74) is 1.75. The lowest BCUT2D eigenvalue weighted by Crippen LogP contribution is -2.29. The average molecular weight is 487 g/mol. The van der Waals surface area contributed by atoms with Gasteiger partial charge in [-0.1, -0.05) is 24.3 Å². The van der Waals surface area contributed by atoms with E-state index in [2.05, 4.69) is 0 Å². The fourth-order valence-corrected chi connectivity index (χ4v) is 4.28. The quantitative estimate of drug-likeness (QED) is 0.243. The molecule has 36 heavy (non-hydrogen) atoms. The molecule has 2 N–H and O–H groups in total. The number of ether oxygens (including phenoxy) is 3. The number of ketones is 1. The number of carbonyl (C=O) groups excluding carboxylic acids is 3. The first kappa shape index (κ1) is 23.0. The van der Waals surface area contributed by atoms with Crippen molar-refractivity contribution in [3.63, 3.8) is 0 Å². The van der Waals surface area contributed by atoms with Crippen molar-refractivity contribution in [1.82, 2.24) is 0 Å². The van der Waals surface area contributed by atoms with Gasteiger partial charge in [-0.15, -0.1) is 0 Å². The maximum atomic E-state index is 13.3. The number of aliphatic hydroxyl groups is 1. The molecule has 0 bridgehead atoms. The minimum Gasteiger partial charge on any atom is -0.508 e. The second kappa shape index (κ2) is 9.10. The Morgan fingerprint density at radius 2 is 1.69 bits per heavy atom. The summed E-state index contributed by atoms with van der Waals surface area (Å²) in [6.45, 7) is 0.0451. The Labute approximate surface area is 205 Å². The molecule has 1 saturated heterocycles. The van der Waals surface area contributed by atoms with Crippen molar-refractivity contribution in [2.45, 2.75) is 12.5 Å². The summed E-state index contributed by atoms with van der Waals surface area (Å²) in [5, 5.41) is 21.0. The van der Waals surface area contributed by atoms with E-state index in [0.29, 0.717) is 28.3 Å². The number of benzene rings is 3.